The third-order valence-electron chi connectivity index (χ3n) is 4.99. The van der Waals surface area contributed by atoms with Gasteiger partial charge in [-0.1, -0.05) is 54.6 Å². The van der Waals surface area contributed by atoms with Gasteiger partial charge >= 0.3 is 0 Å². The van der Waals surface area contributed by atoms with Crippen molar-refractivity contribution < 1.29 is 18.3 Å². The first-order valence-corrected chi connectivity index (χ1v) is 10.1. The second-order valence-corrected chi connectivity index (χ2v) is 7.22. The van der Waals surface area contributed by atoms with Crippen LogP contribution >= 0.6 is 0 Å². The smallest absolute Gasteiger partial charge is 0.266 e. The maximum absolute atomic E-state index is 13.9. The van der Waals surface area contributed by atoms with Crippen LogP contribution in [0.15, 0.2) is 90.5 Å². The monoisotopic (exact) mass is 440 g/mol. The number of nitriles is 1. The lowest BCUT2D eigenvalue weighted by Crippen LogP contribution is -2.14. The molecule has 1 amide bonds. The normalized spacial score (nSPS) is 11.1. The summed E-state index contributed by atoms with van der Waals surface area (Å²) in [6.07, 6.45) is 1.42. The molecule has 0 saturated heterocycles. The Morgan fingerprint density at radius 3 is 2.55 bits per heavy atom. The molecule has 0 saturated carbocycles. The van der Waals surface area contributed by atoms with Gasteiger partial charge in [0, 0.05) is 5.56 Å². The summed E-state index contributed by atoms with van der Waals surface area (Å²) < 4.78 is 33.4. The molecule has 4 nitrogen and oxygen atoms in total. The molecular weight excluding hydrogens is 422 g/mol. The average Bonchev–Trinajstić information content (AvgIpc) is 2.83. The van der Waals surface area contributed by atoms with E-state index >= 15 is 0 Å². The molecule has 0 fully saturated rings. The van der Waals surface area contributed by atoms with Crippen LogP contribution in [0.5, 0.6) is 5.75 Å². The fourth-order valence-electron chi connectivity index (χ4n) is 3.38. The average molecular weight is 440 g/mol. The number of carbonyl (C=O) groups excluding carboxylic acids is 1. The first-order chi connectivity index (χ1) is 16.0. The molecule has 0 bridgehead atoms. The fraction of sp³-hybridized carbons (Fsp3) is 0.0370. The first-order valence-electron chi connectivity index (χ1n) is 10.1. The Bertz CT molecular complexity index is 1410. The van der Waals surface area contributed by atoms with Gasteiger partial charge in [-0.3, -0.25) is 4.79 Å². The Kier molecular flexibility index (Phi) is 6.42. The predicted octanol–water partition coefficient (Wildman–Crippen LogP) is 6.24. The summed E-state index contributed by atoms with van der Waals surface area (Å²) in [5.41, 5.74) is 0.912. The summed E-state index contributed by atoms with van der Waals surface area (Å²) in [4.78, 5) is 12.7. The van der Waals surface area contributed by atoms with Crippen LogP contribution in [0.2, 0.25) is 0 Å². The number of rotatable bonds is 6. The number of carbonyl (C=O) groups is 1. The van der Waals surface area contributed by atoms with Crippen molar-refractivity contribution in [1.29, 1.82) is 5.26 Å². The van der Waals surface area contributed by atoms with E-state index in [1.165, 1.54) is 36.4 Å². The summed E-state index contributed by atoms with van der Waals surface area (Å²) >= 11 is 0. The molecule has 0 unspecified atom stereocenters. The third-order valence-corrected chi connectivity index (χ3v) is 4.99. The highest BCUT2D eigenvalue weighted by molar-refractivity contribution is 6.11. The molecule has 33 heavy (non-hydrogen) atoms. The number of hydrogen-bond donors (Lipinski definition) is 1. The molecule has 162 valence electrons. The van der Waals surface area contributed by atoms with Crippen LogP contribution in [0.4, 0.5) is 14.5 Å². The van der Waals surface area contributed by atoms with Gasteiger partial charge in [-0.25, -0.2) is 8.78 Å². The van der Waals surface area contributed by atoms with E-state index in [0.29, 0.717) is 16.9 Å². The molecular formula is C27H18F2N2O2. The molecule has 4 rings (SSSR count). The van der Waals surface area contributed by atoms with Crippen molar-refractivity contribution in [2.45, 2.75) is 6.61 Å². The van der Waals surface area contributed by atoms with E-state index < -0.39 is 11.7 Å². The van der Waals surface area contributed by atoms with Gasteiger partial charge in [0.1, 0.15) is 35.6 Å². The van der Waals surface area contributed by atoms with Gasteiger partial charge < -0.3 is 10.1 Å². The third kappa shape index (κ3) is 5.05. The lowest BCUT2D eigenvalue weighted by Gasteiger charge is -2.13. The van der Waals surface area contributed by atoms with Crippen LogP contribution in [-0.4, -0.2) is 5.91 Å². The largest absolute Gasteiger partial charge is 0.488 e. The highest BCUT2D eigenvalue weighted by Crippen LogP contribution is 2.31. The highest BCUT2D eigenvalue weighted by atomic mass is 19.1. The molecule has 1 N–H and O–H groups in total. The van der Waals surface area contributed by atoms with E-state index in [2.05, 4.69) is 5.32 Å². The lowest BCUT2D eigenvalue weighted by atomic mass is 10.0. The summed E-state index contributed by atoms with van der Waals surface area (Å²) in [6.45, 7) is 0.0975. The highest BCUT2D eigenvalue weighted by Gasteiger charge is 2.15. The topological polar surface area (TPSA) is 62.1 Å². The molecule has 0 aliphatic carbocycles. The Hall–Kier alpha value is -4.50. The molecule has 0 heterocycles. The number of nitrogens with one attached hydrogen (secondary N) is 1. The lowest BCUT2D eigenvalue weighted by molar-refractivity contribution is -0.112. The number of ether oxygens (including phenoxy) is 1. The van der Waals surface area contributed by atoms with Gasteiger partial charge in [0.25, 0.3) is 5.91 Å². The quantitative estimate of drug-likeness (QED) is 0.285. The Labute approximate surface area is 189 Å². The first kappa shape index (κ1) is 21.7. The summed E-state index contributed by atoms with van der Waals surface area (Å²) in [5.74, 6) is -1.30. The number of hydrogen-bond acceptors (Lipinski definition) is 3. The van der Waals surface area contributed by atoms with E-state index in [9.17, 15) is 18.8 Å². The van der Waals surface area contributed by atoms with Crippen molar-refractivity contribution in [2.24, 2.45) is 0 Å². The number of fused-ring (bicyclic) bond motifs is 1. The molecule has 0 aromatic heterocycles. The van der Waals surface area contributed by atoms with Crippen LogP contribution in [0.1, 0.15) is 11.1 Å². The van der Waals surface area contributed by atoms with Crippen LogP contribution in [0.25, 0.3) is 16.8 Å². The maximum atomic E-state index is 13.9. The minimum absolute atomic E-state index is 0.0239. The number of nitrogens with zero attached hydrogens (tertiary/aromatic N) is 1. The van der Waals surface area contributed by atoms with Crippen molar-refractivity contribution in [2.75, 3.05) is 5.32 Å². The number of anilines is 1. The van der Waals surface area contributed by atoms with Crippen molar-refractivity contribution in [1.82, 2.24) is 0 Å². The molecule has 0 radical (unpaired) electrons. The van der Waals surface area contributed by atoms with Crippen molar-refractivity contribution >= 4 is 28.4 Å². The maximum Gasteiger partial charge on any atom is 0.266 e. The van der Waals surface area contributed by atoms with E-state index in [1.54, 1.807) is 24.3 Å². The standard InChI is InChI=1S/C27H18F2N2O2/c28-21-8-5-6-18(14-21)17-33-26-13-12-19-7-1-2-9-22(19)23(26)15-20(16-30)27(32)31-25-11-4-3-10-24(25)29/h1-15H,17H2,(H,31,32)/b20-15+. The van der Waals surface area contributed by atoms with Gasteiger partial charge in [0.05, 0.1) is 5.69 Å². The second kappa shape index (κ2) is 9.75. The zero-order chi connectivity index (χ0) is 23.2. The van der Waals surface area contributed by atoms with E-state index in [4.69, 9.17) is 4.74 Å². The zero-order valence-electron chi connectivity index (χ0n) is 17.4. The minimum atomic E-state index is -0.744. The Morgan fingerprint density at radius 2 is 1.76 bits per heavy atom. The van der Waals surface area contributed by atoms with Crippen LogP contribution in [0, 0.1) is 23.0 Å². The number of benzene rings is 4. The number of para-hydroxylation sites is 1. The number of halogens is 2. The predicted molar refractivity (Wildman–Crippen MR) is 123 cm³/mol. The van der Waals surface area contributed by atoms with E-state index in [1.807, 2.05) is 36.4 Å². The molecule has 0 aliphatic heterocycles. The van der Waals surface area contributed by atoms with Gasteiger partial charge in [-0.2, -0.15) is 5.26 Å². The van der Waals surface area contributed by atoms with Gasteiger partial charge in [-0.15, -0.1) is 0 Å². The second-order valence-electron chi connectivity index (χ2n) is 7.22. The molecule has 6 heteroatoms. The van der Waals surface area contributed by atoms with Gasteiger partial charge in [0.15, 0.2) is 0 Å². The molecule has 4 aromatic rings. The van der Waals surface area contributed by atoms with Gasteiger partial charge in [0.2, 0.25) is 0 Å². The van der Waals surface area contributed by atoms with Crippen molar-refractivity contribution in [3.05, 3.63) is 113 Å². The number of amides is 1. The SMILES string of the molecule is N#C/C(=C\c1c(OCc2cccc(F)c2)ccc2ccccc12)C(=O)Nc1ccccc1F. The molecule has 4 aromatic carbocycles. The van der Waals surface area contributed by atoms with Crippen molar-refractivity contribution in [3.8, 4) is 11.8 Å². The zero-order valence-corrected chi connectivity index (χ0v) is 17.4. The summed E-state index contributed by atoms with van der Waals surface area (Å²) in [5, 5.41) is 13.7. The van der Waals surface area contributed by atoms with E-state index in [-0.39, 0.29) is 23.7 Å². The Balaban J connectivity index is 1.71. The van der Waals surface area contributed by atoms with E-state index in [0.717, 1.165) is 10.8 Å². The summed E-state index contributed by atoms with van der Waals surface area (Å²) in [7, 11) is 0. The Morgan fingerprint density at radius 1 is 0.970 bits per heavy atom. The fourth-order valence-corrected chi connectivity index (χ4v) is 3.38. The van der Waals surface area contributed by atoms with Crippen molar-refractivity contribution in [3.63, 3.8) is 0 Å². The molecule has 0 spiro atoms. The van der Waals surface area contributed by atoms with Crippen LogP contribution < -0.4 is 10.1 Å². The van der Waals surface area contributed by atoms with Crippen LogP contribution in [0.3, 0.4) is 0 Å². The molecule has 0 atom stereocenters. The van der Waals surface area contributed by atoms with Crippen LogP contribution in [-0.2, 0) is 11.4 Å². The minimum Gasteiger partial charge on any atom is -0.488 e. The molecule has 0 aliphatic rings. The summed E-state index contributed by atoms with van der Waals surface area (Å²) in [6, 6.07) is 24.7. The van der Waals surface area contributed by atoms with Gasteiger partial charge in [-0.05, 0) is 52.7 Å².